The third-order valence-electron chi connectivity index (χ3n) is 2.00. The topological polar surface area (TPSA) is 96.1 Å². The van der Waals surface area contributed by atoms with Gasteiger partial charge in [0.25, 0.3) is 0 Å². The van der Waals surface area contributed by atoms with Crippen LogP contribution in [0.5, 0.6) is 0 Å². The number of hydrogen-bond acceptors (Lipinski definition) is 6. The molecule has 0 radical (unpaired) electrons. The number of nitrogens with one attached hydrogen (secondary N) is 2. The van der Waals surface area contributed by atoms with E-state index in [1.54, 1.807) is 0 Å². The monoisotopic (exact) mass is 229 g/mol. The summed E-state index contributed by atoms with van der Waals surface area (Å²) in [5.74, 6) is 4.89. The Morgan fingerprint density at radius 1 is 1.38 bits per heavy atom. The molecule has 0 saturated heterocycles. The van der Waals surface area contributed by atoms with Crippen molar-refractivity contribution in [3.05, 3.63) is 12.0 Å². The van der Waals surface area contributed by atoms with Crippen LogP contribution in [0.15, 0.2) is 6.20 Å². The molecule has 0 fully saturated rings. The molecule has 1 aromatic heterocycles. The molecule has 16 heavy (non-hydrogen) atoms. The zero-order valence-corrected chi connectivity index (χ0v) is 8.91. The van der Waals surface area contributed by atoms with E-state index in [1.165, 1.54) is 0 Å². The number of aromatic nitrogens is 2. The average Bonchev–Trinajstić information content (AvgIpc) is 2.31. The zero-order chi connectivity index (χ0) is 11.8. The van der Waals surface area contributed by atoms with Gasteiger partial charge in [0, 0.05) is 13.2 Å². The van der Waals surface area contributed by atoms with E-state index in [0.717, 1.165) is 25.5 Å². The maximum absolute atomic E-state index is 13.2. The first-order chi connectivity index (χ1) is 7.77. The largest absolute Gasteiger partial charge is 0.396 e. The van der Waals surface area contributed by atoms with Gasteiger partial charge in [0.1, 0.15) is 0 Å². The van der Waals surface area contributed by atoms with Crippen molar-refractivity contribution in [3.8, 4) is 0 Å². The number of rotatable bonds is 7. The molecule has 0 aromatic carbocycles. The second-order valence-electron chi connectivity index (χ2n) is 3.25. The highest BCUT2D eigenvalue weighted by molar-refractivity contribution is 5.40. The van der Waals surface area contributed by atoms with E-state index in [9.17, 15) is 4.39 Å². The number of anilines is 2. The summed E-state index contributed by atoms with van der Waals surface area (Å²) >= 11 is 0. The van der Waals surface area contributed by atoms with Gasteiger partial charge in [-0.25, -0.2) is 15.2 Å². The number of nitrogen functional groups attached to an aromatic ring is 1. The second kappa shape index (κ2) is 6.91. The molecule has 7 heteroatoms. The lowest BCUT2D eigenvalue weighted by atomic mass is 10.2. The zero-order valence-electron chi connectivity index (χ0n) is 8.91. The lowest BCUT2D eigenvalue weighted by Crippen LogP contribution is -2.13. The standard InChI is InChI=1S/C9H16FN5O/c10-7-6-13-9(15-11)14-8(7)12-4-2-1-3-5-16/h6,16H,1-5,11H2,(H2,12,13,14,15). The van der Waals surface area contributed by atoms with E-state index >= 15 is 0 Å². The summed E-state index contributed by atoms with van der Waals surface area (Å²) in [6.07, 6.45) is 3.54. The molecule has 90 valence electrons. The summed E-state index contributed by atoms with van der Waals surface area (Å²) < 4.78 is 13.2. The van der Waals surface area contributed by atoms with Gasteiger partial charge >= 0.3 is 0 Å². The normalized spacial score (nSPS) is 10.2. The van der Waals surface area contributed by atoms with E-state index in [1.807, 2.05) is 0 Å². The molecule has 1 rings (SSSR count). The van der Waals surface area contributed by atoms with Gasteiger partial charge in [-0.3, -0.25) is 5.43 Å². The molecule has 0 aliphatic rings. The summed E-state index contributed by atoms with van der Waals surface area (Å²) in [6.45, 7) is 0.779. The quantitative estimate of drug-likeness (QED) is 0.308. The number of unbranched alkanes of at least 4 members (excludes halogenated alkanes) is 2. The third-order valence-corrected chi connectivity index (χ3v) is 2.00. The predicted octanol–water partition coefficient (Wildman–Crippen LogP) is 0.476. The van der Waals surface area contributed by atoms with Crippen LogP contribution in [-0.2, 0) is 0 Å². The highest BCUT2D eigenvalue weighted by atomic mass is 19.1. The van der Waals surface area contributed by atoms with E-state index in [-0.39, 0.29) is 18.4 Å². The van der Waals surface area contributed by atoms with E-state index < -0.39 is 5.82 Å². The van der Waals surface area contributed by atoms with Crippen LogP contribution in [0.3, 0.4) is 0 Å². The predicted molar refractivity (Wildman–Crippen MR) is 59.2 cm³/mol. The van der Waals surface area contributed by atoms with Gasteiger partial charge in [-0.2, -0.15) is 4.98 Å². The Balaban J connectivity index is 2.40. The van der Waals surface area contributed by atoms with Gasteiger partial charge in [-0.15, -0.1) is 0 Å². The molecule has 1 aromatic rings. The van der Waals surface area contributed by atoms with Gasteiger partial charge in [0.05, 0.1) is 6.20 Å². The van der Waals surface area contributed by atoms with Crippen molar-refractivity contribution in [2.24, 2.45) is 5.84 Å². The highest BCUT2D eigenvalue weighted by Gasteiger charge is 2.04. The van der Waals surface area contributed by atoms with Crippen LogP contribution in [0.4, 0.5) is 16.2 Å². The minimum absolute atomic E-state index is 0.131. The number of hydrogen-bond donors (Lipinski definition) is 4. The summed E-state index contributed by atoms with van der Waals surface area (Å²) in [5, 5.41) is 11.4. The Hall–Kier alpha value is -1.47. The first-order valence-corrected chi connectivity index (χ1v) is 5.12. The summed E-state index contributed by atoms with van der Waals surface area (Å²) in [4.78, 5) is 7.45. The fraction of sp³-hybridized carbons (Fsp3) is 0.556. The fourth-order valence-electron chi connectivity index (χ4n) is 1.18. The number of halogens is 1. The smallest absolute Gasteiger partial charge is 0.239 e. The lowest BCUT2D eigenvalue weighted by molar-refractivity contribution is 0.283. The van der Waals surface area contributed by atoms with Gasteiger partial charge in [0.15, 0.2) is 11.6 Å². The summed E-state index contributed by atoms with van der Waals surface area (Å²) in [7, 11) is 0. The van der Waals surface area contributed by atoms with Crippen molar-refractivity contribution < 1.29 is 9.50 Å². The van der Waals surface area contributed by atoms with Gasteiger partial charge in [-0.1, -0.05) is 0 Å². The van der Waals surface area contributed by atoms with Crippen LogP contribution in [0.25, 0.3) is 0 Å². The first kappa shape index (κ1) is 12.6. The maximum Gasteiger partial charge on any atom is 0.239 e. The van der Waals surface area contributed by atoms with Crippen molar-refractivity contribution in [2.45, 2.75) is 19.3 Å². The Labute approximate surface area is 93.1 Å². The molecular formula is C9H16FN5O. The summed E-state index contributed by atoms with van der Waals surface area (Å²) in [6, 6.07) is 0. The molecule has 0 amide bonds. The first-order valence-electron chi connectivity index (χ1n) is 5.12. The van der Waals surface area contributed by atoms with Crippen LogP contribution in [0, 0.1) is 5.82 Å². The fourth-order valence-corrected chi connectivity index (χ4v) is 1.18. The molecule has 6 nitrogen and oxygen atoms in total. The van der Waals surface area contributed by atoms with E-state index in [0.29, 0.717) is 6.54 Å². The van der Waals surface area contributed by atoms with Crippen molar-refractivity contribution >= 4 is 11.8 Å². The minimum Gasteiger partial charge on any atom is -0.396 e. The SMILES string of the molecule is NNc1ncc(F)c(NCCCCCO)n1. The lowest BCUT2D eigenvalue weighted by Gasteiger charge is -2.07. The molecule has 0 aliphatic heterocycles. The molecular weight excluding hydrogens is 213 g/mol. The molecule has 1 heterocycles. The summed E-state index contributed by atoms with van der Waals surface area (Å²) in [5.41, 5.74) is 2.24. The molecule has 0 saturated carbocycles. The molecule has 5 N–H and O–H groups in total. The highest BCUT2D eigenvalue weighted by Crippen LogP contribution is 2.11. The Morgan fingerprint density at radius 3 is 2.88 bits per heavy atom. The van der Waals surface area contributed by atoms with Crippen LogP contribution in [0.1, 0.15) is 19.3 Å². The molecule has 0 unspecified atom stereocenters. The third kappa shape index (κ3) is 3.95. The maximum atomic E-state index is 13.2. The van der Waals surface area contributed by atoms with Crippen molar-refractivity contribution in [2.75, 3.05) is 23.9 Å². The van der Waals surface area contributed by atoms with Crippen molar-refractivity contribution in [1.29, 1.82) is 0 Å². The Morgan fingerprint density at radius 2 is 2.19 bits per heavy atom. The van der Waals surface area contributed by atoms with Gasteiger partial charge in [0.2, 0.25) is 5.95 Å². The number of nitrogens with zero attached hydrogens (tertiary/aromatic N) is 2. The molecule has 0 atom stereocenters. The van der Waals surface area contributed by atoms with Crippen molar-refractivity contribution in [3.63, 3.8) is 0 Å². The van der Waals surface area contributed by atoms with Crippen LogP contribution in [-0.4, -0.2) is 28.2 Å². The minimum atomic E-state index is -0.513. The van der Waals surface area contributed by atoms with Crippen molar-refractivity contribution in [1.82, 2.24) is 9.97 Å². The second-order valence-corrected chi connectivity index (χ2v) is 3.25. The molecule has 0 spiro atoms. The van der Waals surface area contributed by atoms with Gasteiger partial charge < -0.3 is 10.4 Å². The number of nitrogens with two attached hydrogens (primary N) is 1. The van der Waals surface area contributed by atoms with Crippen LogP contribution >= 0.6 is 0 Å². The van der Waals surface area contributed by atoms with Crippen LogP contribution < -0.4 is 16.6 Å². The number of aliphatic hydroxyl groups excluding tert-OH is 1. The van der Waals surface area contributed by atoms with E-state index in [2.05, 4.69) is 20.7 Å². The molecule has 0 aliphatic carbocycles. The van der Waals surface area contributed by atoms with Crippen LogP contribution in [0.2, 0.25) is 0 Å². The average molecular weight is 229 g/mol. The number of hydrazine groups is 1. The Kier molecular flexibility index (Phi) is 5.44. The Bertz CT molecular complexity index is 323. The van der Waals surface area contributed by atoms with E-state index in [4.69, 9.17) is 10.9 Å². The number of aliphatic hydroxyl groups is 1. The molecule has 0 bridgehead atoms. The van der Waals surface area contributed by atoms with Gasteiger partial charge in [-0.05, 0) is 19.3 Å².